The van der Waals surface area contributed by atoms with Crippen LogP contribution in [0.15, 0.2) is 75.9 Å². The van der Waals surface area contributed by atoms with E-state index in [0.29, 0.717) is 0 Å². The maximum Gasteiger partial charge on any atom is 0.148 e. The van der Waals surface area contributed by atoms with Crippen LogP contribution in [0.2, 0.25) is 0 Å². The molecule has 0 heterocycles. The van der Waals surface area contributed by atoms with Crippen molar-refractivity contribution in [2.24, 2.45) is 0 Å². The first-order valence-electron chi connectivity index (χ1n) is 9.99. The zero-order valence-electron chi connectivity index (χ0n) is 19.3. The molecule has 0 bridgehead atoms. The molecule has 0 radical (unpaired) electrons. The first-order chi connectivity index (χ1) is 15.6. The molecule has 0 aliphatic rings. The molecule has 32 heavy (non-hydrogen) atoms. The SMILES string of the molecule is C=C[C@@H](OCOC)[C@@H](C=C)OCO[C@H](C=C)[C@@H](C=C)OCO[C@H](C=C)[C@@H](C=C)OCOC. The van der Waals surface area contributed by atoms with Gasteiger partial charge in [0.25, 0.3) is 0 Å². The minimum Gasteiger partial charge on any atom is -0.359 e. The van der Waals surface area contributed by atoms with Crippen LogP contribution in [-0.2, 0) is 37.9 Å². The van der Waals surface area contributed by atoms with E-state index in [0.717, 1.165) is 0 Å². The first kappa shape index (κ1) is 30.1. The quantitative estimate of drug-likeness (QED) is 0.171. The van der Waals surface area contributed by atoms with Crippen LogP contribution in [0.4, 0.5) is 0 Å². The van der Waals surface area contributed by atoms with Crippen molar-refractivity contribution >= 4 is 0 Å². The van der Waals surface area contributed by atoms with Crippen molar-refractivity contribution < 1.29 is 37.9 Å². The molecule has 0 aliphatic heterocycles. The third-order valence-corrected chi connectivity index (χ3v) is 4.16. The van der Waals surface area contributed by atoms with Gasteiger partial charge in [0, 0.05) is 14.2 Å². The predicted molar refractivity (Wildman–Crippen MR) is 124 cm³/mol. The van der Waals surface area contributed by atoms with E-state index < -0.39 is 36.6 Å². The summed E-state index contributed by atoms with van der Waals surface area (Å²) in [6, 6.07) is 0. The van der Waals surface area contributed by atoms with Crippen molar-refractivity contribution in [1.82, 2.24) is 0 Å². The van der Waals surface area contributed by atoms with Gasteiger partial charge in [-0.25, -0.2) is 0 Å². The van der Waals surface area contributed by atoms with Crippen LogP contribution in [0.5, 0.6) is 0 Å². The number of methoxy groups -OCH3 is 2. The van der Waals surface area contributed by atoms with Gasteiger partial charge < -0.3 is 37.9 Å². The molecule has 0 spiro atoms. The fourth-order valence-electron chi connectivity index (χ4n) is 2.47. The molecule has 0 amide bonds. The number of ether oxygens (including phenoxy) is 8. The van der Waals surface area contributed by atoms with E-state index in [2.05, 4.69) is 39.5 Å². The molecule has 8 nitrogen and oxygen atoms in total. The van der Waals surface area contributed by atoms with Crippen LogP contribution in [0.25, 0.3) is 0 Å². The molecule has 8 heteroatoms. The summed E-state index contributed by atoms with van der Waals surface area (Å²) in [5, 5.41) is 0. The molecule has 0 aromatic heterocycles. The van der Waals surface area contributed by atoms with E-state index in [-0.39, 0.29) is 27.2 Å². The summed E-state index contributed by atoms with van der Waals surface area (Å²) in [4.78, 5) is 0. The predicted octanol–water partition coefficient (Wildman–Crippen LogP) is 3.54. The smallest absolute Gasteiger partial charge is 0.148 e. The van der Waals surface area contributed by atoms with Crippen molar-refractivity contribution in [2.45, 2.75) is 36.6 Å². The molecule has 0 unspecified atom stereocenters. The highest BCUT2D eigenvalue weighted by Gasteiger charge is 2.22. The minimum absolute atomic E-state index is 0.0682. The van der Waals surface area contributed by atoms with Crippen LogP contribution in [0.3, 0.4) is 0 Å². The zero-order valence-corrected chi connectivity index (χ0v) is 19.3. The second-order valence-electron chi connectivity index (χ2n) is 6.25. The molecule has 0 aliphatic carbocycles. The lowest BCUT2D eigenvalue weighted by Gasteiger charge is -2.26. The molecule has 0 saturated carbocycles. The van der Waals surface area contributed by atoms with E-state index in [1.807, 2.05) is 0 Å². The van der Waals surface area contributed by atoms with Crippen LogP contribution < -0.4 is 0 Å². The van der Waals surface area contributed by atoms with Crippen molar-refractivity contribution in [2.75, 3.05) is 41.4 Å². The van der Waals surface area contributed by atoms with Crippen LogP contribution >= 0.6 is 0 Å². The van der Waals surface area contributed by atoms with E-state index in [9.17, 15) is 0 Å². The average molecular weight is 455 g/mol. The third-order valence-electron chi connectivity index (χ3n) is 4.16. The molecular weight excluding hydrogens is 416 g/mol. The topological polar surface area (TPSA) is 73.8 Å². The third kappa shape index (κ3) is 11.7. The second-order valence-corrected chi connectivity index (χ2v) is 6.25. The standard InChI is InChI=1S/C24H38O8/c1-9-19(27-15-25-7)21(11-3)29-17-31-23(13-5)24(14-6)32-18-30-22(12-4)20(10-2)28-16-26-8/h9-14,19-24H,1-6,15-18H2,7-8H3/t19-,20-,21-,22-,23-,24-/m1/s1. The second kappa shape index (κ2) is 19.8. The largest absolute Gasteiger partial charge is 0.359 e. The summed E-state index contributed by atoms with van der Waals surface area (Å²) in [6.07, 6.45) is 6.68. The first-order valence-corrected chi connectivity index (χ1v) is 9.99. The highest BCUT2D eigenvalue weighted by Crippen LogP contribution is 2.13. The lowest BCUT2D eigenvalue weighted by atomic mass is 10.2. The highest BCUT2D eigenvalue weighted by atomic mass is 16.7. The average Bonchev–Trinajstić information content (AvgIpc) is 2.82. The van der Waals surface area contributed by atoms with E-state index in [1.165, 1.54) is 14.2 Å². The molecule has 0 N–H and O–H groups in total. The molecule has 6 atom stereocenters. The van der Waals surface area contributed by atoms with E-state index in [4.69, 9.17) is 37.9 Å². The Bertz CT molecular complexity index is 502. The lowest BCUT2D eigenvalue weighted by molar-refractivity contribution is -0.178. The molecule has 0 aromatic rings. The summed E-state index contributed by atoms with van der Waals surface area (Å²) in [6.45, 7) is 22.6. The Morgan fingerprint density at radius 1 is 0.406 bits per heavy atom. The van der Waals surface area contributed by atoms with Gasteiger partial charge in [0.15, 0.2) is 0 Å². The molecule has 182 valence electrons. The summed E-state index contributed by atoms with van der Waals surface area (Å²) in [7, 11) is 3.06. The Hall–Kier alpha value is -1.88. The van der Waals surface area contributed by atoms with Crippen molar-refractivity contribution in [3.63, 3.8) is 0 Å². The zero-order chi connectivity index (χ0) is 24.2. The fourth-order valence-corrected chi connectivity index (χ4v) is 2.47. The number of hydrogen-bond donors (Lipinski definition) is 0. The van der Waals surface area contributed by atoms with E-state index >= 15 is 0 Å². The Morgan fingerprint density at radius 2 is 0.594 bits per heavy atom. The van der Waals surface area contributed by atoms with E-state index in [1.54, 1.807) is 36.5 Å². The molecule has 0 rings (SSSR count). The Balaban J connectivity index is 4.69. The van der Waals surface area contributed by atoms with Crippen molar-refractivity contribution in [3.05, 3.63) is 75.9 Å². The summed E-state index contributed by atoms with van der Waals surface area (Å²) in [5.41, 5.74) is 0. The van der Waals surface area contributed by atoms with Gasteiger partial charge in [0.2, 0.25) is 0 Å². The van der Waals surface area contributed by atoms with Gasteiger partial charge >= 0.3 is 0 Å². The van der Waals surface area contributed by atoms with Gasteiger partial charge in [0.05, 0.1) is 0 Å². The van der Waals surface area contributed by atoms with Crippen molar-refractivity contribution in [1.29, 1.82) is 0 Å². The molecule has 0 saturated heterocycles. The van der Waals surface area contributed by atoms with Crippen molar-refractivity contribution in [3.8, 4) is 0 Å². The lowest BCUT2D eigenvalue weighted by Crippen LogP contribution is -2.34. The van der Waals surface area contributed by atoms with Gasteiger partial charge in [-0.15, -0.1) is 39.5 Å². The maximum atomic E-state index is 5.74. The normalized spacial score (nSPS) is 16.7. The van der Waals surface area contributed by atoms with Crippen LogP contribution in [0.1, 0.15) is 0 Å². The van der Waals surface area contributed by atoms with Crippen LogP contribution in [-0.4, -0.2) is 78.0 Å². The fraction of sp³-hybridized carbons (Fsp3) is 0.500. The summed E-state index contributed by atoms with van der Waals surface area (Å²) < 4.78 is 43.7. The van der Waals surface area contributed by atoms with Gasteiger partial charge in [-0.2, -0.15) is 0 Å². The minimum atomic E-state index is -0.536. The summed E-state index contributed by atoms with van der Waals surface area (Å²) >= 11 is 0. The van der Waals surface area contributed by atoms with Crippen LogP contribution in [0, 0.1) is 0 Å². The van der Waals surface area contributed by atoms with Gasteiger partial charge in [-0.05, 0) is 0 Å². The molecular formula is C24H38O8. The molecule has 0 fully saturated rings. The summed E-state index contributed by atoms with van der Waals surface area (Å²) in [5.74, 6) is 0. The monoisotopic (exact) mass is 454 g/mol. The maximum absolute atomic E-state index is 5.74. The number of rotatable bonds is 23. The Morgan fingerprint density at radius 3 is 0.750 bits per heavy atom. The van der Waals surface area contributed by atoms with Gasteiger partial charge in [-0.3, -0.25) is 0 Å². The highest BCUT2D eigenvalue weighted by molar-refractivity contribution is 4.98. The Labute approximate surface area is 192 Å². The number of hydrogen-bond acceptors (Lipinski definition) is 8. The Kier molecular flexibility index (Phi) is 18.6. The van der Waals surface area contributed by atoms with Gasteiger partial charge in [0.1, 0.15) is 63.8 Å². The van der Waals surface area contributed by atoms with Gasteiger partial charge in [-0.1, -0.05) is 36.5 Å². The molecule has 0 aromatic carbocycles.